The van der Waals surface area contributed by atoms with Gasteiger partial charge in [-0.25, -0.2) is 4.39 Å². The molecule has 0 unspecified atom stereocenters. The van der Waals surface area contributed by atoms with Crippen molar-refractivity contribution < 1.29 is 9.13 Å². The fourth-order valence-electron chi connectivity index (χ4n) is 3.19. The first-order valence-electron chi connectivity index (χ1n) is 8.80. The highest BCUT2D eigenvalue weighted by atomic mass is 19.1. The Morgan fingerprint density at radius 1 is 1.20 bits per heavy atom. The predicted octanol–water partition coefficient (Wildman–Crippen LogP) is 2.23. The average molecular weight is 346 g/mol. The lowest BCUT2D eigenvalue weighted by molar-refractivity contribution is 0.0673. The Hall–Kier alpha value is -1.76. The zero-order valence-electron chi connectivity index (χ0n) is 15.1. The first-order valence-corrected chi connectivity index (χ1v) is 8.80. The Bertz CT molecular complexity index is 656. The Morgan fingerprint density at radius 2 is 2.00 bits per heavy atom. The summed E-state index contributed by atoms with van der Waals surface area (Å²) in [6.45, 7) is 5.89. The van der Waals surface area contributed by atoms with E-state index in [1.54, 1.807) is 0 Å². The molecule has 0 N–H and O–H groups in total. The molecule has 1 aromatic carbocycles. The quantitative estimate of drug-likeness (QED) is 0.720. The minimum absolute atomic E-state index is 0.190. The van der Waals surface area contributed by atoms with Gasteiger partial charge < -0.3 is 9.64 Å². The first-order chi connectivity index (χ1) is 12.1. The van der Waals surface area contributed by atoms with E-state index in [4.69, 9.17) is 4.74 Å². The SMILES string of the molecule is CN(C)CCOC[C@H]1CN(Cc2ccc(F)cc2)Cc2ccnn2C1. The summed E-state index contributed by atoms with van der Waals surface area (Å²) < 4.78 is 21.1. The van der Waals surface area contributed by atoms with Crippen LogP contribution in [0.2, 0.25) is 0 Å². The summed E-state index contributed by atoms with van der Waals surface area (Å²) in [5, 5.41) is 4.45. The predicted molar refractivity (Wildman–Crippen MR) is 95.6 cm³/mol. The number of rotatable bonds is 7. The summed E-state index contributed by atoms with van der Waals surface area (Å²) in [6, 6.07) is 8.85. The van der Waals surface area contributed by atoms with E-state index in [1.807, 2.05) is 18.3 Å². The minimum Gasteiger partial charge on any atom is -0.380 e. The molecule has 1 atom stereocenters. The smallest absolute Gasteiger partial charge is 0.123 e. The van der Waals surface area contributed by atoms with Gasteiger partial charge in [-0.3, -0.25) is 9.58 Å². The molecule has 0 saturated carbocycles. The van der Waals surface area contributed by atoms with Crippen molar-refractivity contribution >= 4 is 0 Å². The van der Waals surface area contributed by atoms with E-state index >= 15 is 0 Å². The largest absolute Gasteiger partial charge is 0.380 e. The van der Waals surface area contributed by atoms with Gasteiger partial charge in [0.15, 0.2) is 0 Å². The van der Waals surface area contributed by atoms with Gasteiger partial charge in [0.05, 0.1) is 18.9 Å². The third kappa shape index (κ3) is 5.36. The monoisotopic (exact) mass is 346 g/mol. The van der Waals surface area contributed by atoms with Crippen LogP contribution < -0.4 is 0 Å². The molecule has 0 saturated heterocycles. The van der Waals surface area contributed by atoms with Crippen LogP contribution in [0.3, 0.4) is 0 Å². The van der Waals surface area contributed by atoms with Crippen LogP contribution in [0.25, 0.3) is 0 Å². The molecular formula is C19H27FN4O. The van der Waals surface area contributed by atoms with Crippen molar-refractivity contribution in [3.63, 3.8) is 0 Å². The van der Waals surface area contributed by atoms with E-state index in [-0.39, 0.29) is 5.82 Å². The normalized spacial score (nSPS) is 18.3. The van der Waals surface area contributed by atoms with Crippen LogP contribution >= 0.6 is 0 Å². The first kappa shape index (κ1) is 18.0. The standard InChI is InChI=1S/C19H27FN4O/c1-22(2)9-10-25-15-17-12-23(11-16-3-5-18(20)6-4-16)14-19-7-8-21-24(19)13-17/h3-8,17H,9-15H2,1-2H3/t17-/m0/s1. The van der Waals surface area contributed by atoms with Gasteiger partial charge in [-0.1, -0.05) is 12.1 Å². The van der Waals surface area contributed by atoms with E-state index in [2.05, 4.69) is 39.7 Å². The summed E-state index contributed by atoms with van der Waals surface area (Å²) in [4.78, 5) is 4.52. The third-order valence-corrected chi connectivity index (χ3v) is 4.49. The molecule has 1 aromatic heterocycles. The van der Waals surface area contributed by atoms with Crippen LogP contribution in [-0.4, -0.2) is 60.0 Å². The molecule has 25 heavy (non-hydrogen) atoms. The Labute approximate surface area is 149 Å². The van der Waals surface area contributed by atoms with Gasteiger partial charge in [-0.2, -0.15) is 5.10 Å². The van der Waals surface area contributed by atoms with Crippen LogP contribution in [0.5, 0.6) is 0 Å². The maximum Gasteiger partial charge on any atom is 0.123 e. The van der Waals surface area contributed by atoms with Crippen LogP contribution in [-0.2, 0) is 24.4 Å². The molecule has 0 spiro atoms. The van der Waals surface area contributed by atoms with Crippen molar-refractivity contribution in [3.8, 4) is 0 Å². The van der Waals surface area contributed by atoms with Crippen LogP contribution in [0.15, 0.2) is 36.5 Å². The van der Waals surface area contributed by atoms with Crippen molar-refractivity contribution in [1.82, 2.24) is 19.6 Å². The van der Waals surface area contributed by atoms with Gasteiger partial charge in [-0.05, 0) is 37.9 Å². The second-order valence-electron chi connectivity index (χ2n) is 7.04. The number of likely N-dealkylation sites (N-methyl/N-ethyl adjacent to an activating group) is 1. The third-order valence-electron chi connectivity index (χ3n) is 4.49. The maximum atomic E-state index is 13.1. The molecule has 0 radical (unpaired) electrons. The van der Waals surface area contributed by atoms with Gasteiger partial charge in [0.25, 0.3) is 0 Å². The number of nitrogens with zero attached hydrogens (tertiary/aromatic N) is 4. The van der Waals surface area contributed by atoms with Crippen LogP contribution in [0, 0.1) is 11.7 Å². The average Bonchev–Trinajstić information content (AvgIpc) is 2.93. The van der Waals surface area contributed by atoms with E-state index < -0.39 is 0 Å². The molecule has 0 amide bonds. The number of halogens is 1. The van der Waals surface area contributed by atoms with Gasteiger partial charge in [0.2, 0.25) is 0 Å². The lowest BCUT2D eigenvalue weighted by atomic mass is 10.1. The van der Waals surface area contributed by atoms with E-state index in [1.165, 1.54) is 17.8 Å². The lowest BCUT2D eigenvalue weighted by Crippen LogP contribution is -2.30. The molecule has 0 aliphatic carbocycles. The second-order valence-corrected chi connectivity index (χ2v) is 7.04. The number of aromatic nitrogens is 2. The molecule has 6 heteroatoms. The van der Waals surface area contributed by atoms with Gasteiger partial charge in [0, 0.05) is 44.8 Å². The molecule has 5 nitrogen and oxygen atoms in total. The number of ether oxygens (including phenoxy) is 1. The number of fused-ring (bicyclic) bond motifs is 1. The van der Waals surface area contributed by atoms with Crippen LogP contribution in [0.4, 0.5) is 4.39 Å². The molecule has 1 aliphatic rings. The number of hydrogen-bond donors (Lipinski definition) is 0. The van der Waals surface area contributed by atoms with E-state index in [9.17, 15) is 4.39 Å². The highest BCUT2D eigenvalue weighted by Crippen LogP contribution is 2.18. The van der Waals surface area contributed by atoms with Gasteiger partial charge in [0.1, 0.15) is 5.82 Å². The Balaban J connectivity index is 1.63. The molecule has 0 bridgehead atoms. The van der Waals surface area contributed by atoms with Crippen molar-refractivity contribution in [2.45, 2.75) is 19.6 Å². The van der Waals surface area contributed by atoms with Gasteiger partial charge in [-0.15, -0.1) is 0 Å². The number of benzene rings is 1. The van der Waals surface area contributed by atoms with Crippen molar-refractivity contribution in [2.75, 3.05) is 40.4 Å². The maximum absolute atomic E-state index is 13.1. The van der Waals surface area contributed by atoms with Crippen molar-refractivity contribution in [3.05, 3.63) is 53.6 Å². The summed E-state index contributed by atoms with van der Waals surface area (Å²) in [5.41, 5.74) is 2.35. The summed E-state index contributed by atoms with van der Waals surface area (Å²) >= 11 is 0. The summed E-state index contributed by atoms with van der Waals surface area (Å²) in [5.74, 6) is 0.202. The number of hydrogen-bond acceptors (Lipinski definition) is 4. The molecule has 0 fully saturated rings. The second kappa shape index (κ2) is 8.56. The van der Waals surface area contributed by atoms with Crippen molar-refractivity contribution in [2.24, 2.45) is 5.92 Å². The van der Waals surface area contributed by atoms with Crippen molar-refractivity contribution in [1.29, 1.82) is 0 Å². The zero-order chi connectivity index (χ0) is 17.6. The lowest BCUT2D eigenvalue weighted by Gasteiger charge is -2.24. The zero-order valence-corrected chi connectivity index (χ0v) is 15.1. The highest BCUT2D eigenvalue weighted by Gasteiger charge is 2.22. The molecule has 136 valence electrons. The summed E-state index contributed by atoms with van der Waals surface area (Å²) in [6.07, 6.45) is 1.86. The highest BCUT2D eigenvalue weighted by molar-refractivity contribution is 5.16. The van der Waals surface area contributed by atoms with Crippen LogP contribution in [0.1, 0.15) is 11.3 Å². The Kier molecular flexibility index (Phi) is 6.18. The van der Waals surface area contributed by atoms with E-state index in [0.29, 0.717) is 5.92 Å². The summed E-state index contributed by atoms with van der Waals surface area (Å²) in [7, 11) is 4.10. The fraction of sp³-hybridized carbons (Fsp3) is 0.526. The molecule has 2 aromatic rings. The molecule has 2 heterocycles. The Morgan fingerprint density at radius 3 is 2.76 bits per heavy atom. The molecule has 3 rings (SSSR count). The van der Waals surface area contributed by atoms with E-state index in [0.717, 1.165) is 51.5 Å². The fourth-order valence-corrected chi connectivity index (χ4v) is 3.19. The molecule has 1 aliphatic heterocycles. The van der Waals surface area contributed by atoms with Gasteiger partial charge >= 0.3 is 0 Å². The molecular weight excluding hydrogens is 319 g/mol. The minimum atomic E-state index is -0.190. The topological polar surface area (TPSA) is 33.5 Å².